The molecular weight excluding hydrogens is 233 g/mol. The van der Waals surface area contributed by atoms with Crippen molar-refractivity contribution in [3.8, 4) is 0 Å². The molecule has 0 aliphatic rings. The zero-order valence-electron chi connectivity index (χ0n) is 2.71. The van der Waals surface area contributed by atoms with E-state index in [1.807, 2.05) is 0 Å². The minimum absolute atomic E-state index is 0. The zero-order valence-corrected chi connectivity index (χ0v) is 7.50. The maximum absolute atomic E-state index is 9.41. The molecular formula is CH4AsClO2Se. The predicted octanol–water partition coefficient (Wildman–Crippen LogP) is -0.661. The van der Waals surface area contributed by atoms with Crippen molar-refractivity contribution in [3.63, 3.8) is 0 Å². The Balaban J connectivity index is 0. The van der Waals surface area contributed by atoms with Crippen LogP contribution in [-0.4, -0.2) is 37.7 Å². The van der Waals surface area contributed by atoms with Gasteiger partial charge in [-0.05, 0) is 0 Å². The van der Waals surface area contributed by atoms with E-state index in [0.717, 1.165) is 0 Å². The number of hydrogen-bond donors (Lipinski definition) is 1. The molecule has 0 rings (SSSR count). The summed E-state index contributed by atoms with van der Waals surface area (Å²) in [7, 11) is 0. The van der Waals surface area contributed by atoms with Gasteiger partial charge in [-0.1, -0.05) is 0 Å². The first-order valence-electron chi connectivity index (χ1n) is 0.901. The average molecular weight is 237 g/mol. The van der Waals surface area contributed by atoms with Gasteiger partial charge in [-0.3, -0.25) is 0 Å². The molecule has 0 fully saturated rings. The SMILES string of the molecule is Cl.O=C(O)[AsH][SeH]. The fourth-order valence-electron chi connectivity index (χ4n) is 0. The van der Waals surface area contributed by atoms with Crippen molar-refractivity contribution in [2.45, 2.75) is 0 Å². The molecule has 2 nitrogen and oxygen atoms in total. The van der Waals surface area contributed by atoms with Gasteiger partial charge in [-0.2, -0.15) is 0 Å². The van der Waals surface area contributed by atoms with Crippen LogP contribution < -0.4 is 0 Å². The van der Waals surface area contributed by atoms with E-state index in [4.69, 9.17) is 5.11 Å². The van der Waals surface area contributed by atoms with Gasteiger partial charge in [0.2, 0.25) is 0 Å². The van der Waals surface area contributed by atoms with Crippen molar-refractivity contribution in [1.82, 2.24) is 0 Å². The Hall–Kier alpha value is 0.838. The fraction of sp³-hybridized carbons (Fsp3) is 0. The van der Waals surface area contributed by atoms with Gasteiger partial charge in [0.05, 0.1) is 0 Å². The first-order valence-corrected chi connectivity index (χ1v) is 7.76. The molecule has 0 bridgehead atoms. The summed E-state index contributed by atoms with van der Waals surface area (Å²) in [6.07, 6.45) is 0. The molecule has 0 aliphatic heterocycles. The second-order valence-electron chi connectivity index (χ2n) is 0.417. The molecule has 38 valence electrons. The second kappa shape index (κ2) is 5.84. The van der Waals surface area contributed by atoms with Crippen molar-refractivity contribution < 1.29 is 9.90 Å². The van der Waals surface area contributed by atoms with Gasteiger partial charge >= 0.3 is 42.5 Å². The van der Waals surface area contributed by atoms with Gasteiger partial charge in [-0.25, -0.2) is 0 Å². The normalized spacial score (nSPS) is 8.17. The number of halogens is 1. The van der Waals surface area contributed by atoms with E-state index in [0.29, 0.717) is 0 Å². The molecule has 0 radical (unpaired) electrons. The molecule has 1 N–H and O–H groups in total. The Morgan fingerprint density at radius 2 is 2.00 bits per heavy atom. The summed E-state index contributed by atoms with van der Waals surface area (Å²) in [5, 5.41) is 7.76. The van der Waals surface area contributed by atoms with Crippen LogP contribution in [0.25, 0.3) is 0 Å². The molecule has 6 heavy (non-hydrogen) atoms. The molecule has 0 saturated carbocycles. The van der Waals surface area contributed by atoms with E-state index in [1.54, 1.807) is 0 Å². The molecule has 0 heterocycles. The minimum atomic E-state index is -0.701. The summed E-state index contributed by atoms with van der Waals surface area (Å²) in [6, 6.07) is 0. The molecule has 5 heteroatoms. The topological polar surface area (TPSA) is 37.3 Å². The molecule has 0 amide bonds. The fourth-order valence-corrected chi connectivity index (χ4v) is 0. The molecule has 0 spiro atoms. The van der Waals surface area contributed by atoms with Crippen LogP contribution in [-0.2, 0) is 0 Å². The maximum atomic E-state index is 9.41. The molecule has 1 atom stereocenters. The summed E-state index contributed by atoms with van der Waals surface area (Å²) in [5.41, 5.74) is 0. The van der Waals surface area contributed by atoms with Gasteiger partial charge < -0.3 is 0 Å². The van der Waals surface area contributed by atoms with Gasteiger partial charge in [0.15, 0.2) is 0 Å². The molecule has 0 aromatic heterocycles. The number of carbonyl (C=O) groups is 1. The van der Waals surface area contributed by atoms with Crippen molar-refractivity contribution in [2.75, 3.05) is 0 Å². The summed E-state index contributed by atoms with van der Waals surface area (Å²) >= 11 is 1.39. The van der Waals surface area contributed by atoms with Crippen molar-refractivity contribution >= 4 is 45.0 Å². The number of hydrogen-bond acceptors (Lipinski definition) is 1. The van der Waals surface area contributed by atoms with Gasteiger partial charge in [0.25, 0.3) is 0 Å². The third-order valence-corrected chi connectivity index (χ3v) is 2.58. The number of carboxylic acid groups (broad SMARTS) is 1. The van der Waals surface area contributed by atoms with Gasteiger partial charge in [0.1, 0.15) is 0 Å². The Bertz CT molecular complexity index is 48.8. The van der Waals surface area contributed by atoms with Crippen molar-refractivity contribution in [3.05, 3.63) is 0 Å². The number of rotatable bonds is 1. The van der Waals surface area contributed by atoms with Crippen molar-refractivity contribution in [2.24, 2.45) is 0 Å². The zero-order chi connectivity index (χ0) is 4.28. The van der Waals surface area contributed by atoms with Crippen LogP contribution in [0.3, 0.4) is 0 Å². The van der Waals surface area contributed by atoms with Crippen LogP contribution in [0.5, 0.6) is 0 Å². The summed E-state index contributed by atoms with van der Waals surface area (Å²) in [4.78, 5) is 9.41. The Morgan fingerprint density at radius 3 is 2.00 bits per heavy atom. The van der Waals surface area contributed by atoms with Crippen LogP contribution >= 0.6 is 12.4 Å². The Morgan fingerprint density at radius 1 is 1.83 bits per heavy atom. The molecule has 0 aliphatic carbocycles. The quantitative estimate of drug-likeness (QED) is 0.615. The molecule has 0 aromatic carbocycles. The van der Waals surface area contributed by atoms with E-state index < -0.39 is 18.6 Å². The van der Waals surface area contributed by atoms with E-state index in [9.17, 15) is 4.79 Å². The predicted molar refractivity (Wildman–Crippen MR) is 29.6 cm³/mol. The van der Waals surface area contributed by atoms with Crippen LogP contribution in [0.15, 0.2) is 0 Å². The van der Waals surface area contributed by atoms with E-state index in [2.05, 4.69) is 14.0 Å². The summed E-state index contributed by atoms with van der Waals surface area (Å²) in [6.45, 7) is 0. The molecule has 0 saturated heterocycles. The summed E-state index contributed by atoms with van der Waals surface area (Å²) < 4.78 is -0.648. The summed E-state index contributed by atoms with van der Waals surface area (Å²) in [5.74, 6) is 0. The van der Waals surface area contributed by atoms with Crippen molar-refractivity contribution in [1.29, 1.82) is 0 Å². The molecule has 1 unspecified atom stereocenters. The Kier molecular flexibility index (Phi) is 9.69. The van der Waals surface area contributed by atoms with E-state index in [-0.39, 0.29) is 12.4 Å². The third-order valence-electron chi connectivity index (χ3n) is 0.0956. The third kappa shape index (κ3) is 8.85. The first kappa shape index (κ1) is 9.96. The standard InChI is InChI=1S/CH3AsO2Se.ClH/c3-1(4)2-5;/h2,5H,(H,3,4);1H. The van der Waals surface area contributed by atoms with Gasteiger partial charge in [-0.15, -0.1) is 12.4 Å². The first-order chi connectivity index (χ1) is 2.27. The second-order valence-corrected chi connectivity index (χ2v) is 4.22. The van der Waals surface area contributed by atoms with E-state index >= 15 is 0 Å². The van der Waals surface area contributed by atoms with Crippen LogP contribution in [0, 0.1) is 0 Å². The molecule has 0 aromatic rings. The van der Waals surface area contributed by atoms with Crippen LogP contribution in [0.4, 0.5) is 4.79 Å². The average Bonchev–Trinajstić information content (AvgIpc) is 1.38. The van der Waals surface area contributed by atoms with E-state index in [1.165, 1.54) is 0 Å². The van der Waals surface area contributed by atoms with Crippen LogP contribution in [0.1, 0.15) is 0 Å². The Labute approximate surface area is 55.0 Å². The van der Waals surface area contributed by atoms with Gasteiger partial charge in [0, 0.05) is 0 Å². The van der Waals surface area contributed by atoms with Crippen LogP contribution in [0.2, 0.25) is 0 Å². The monoisotopic (exact) mass is 238 g/mol.